The Kier molecular flexibility index (Phi) is 4.76. The van der Waals surface area contributed by atoms with E-state index in [1.54, 1.807) is 7.11 Å². The fourth-order valence-electron chi connectivity index (χ4n) is 1.85. The Morgan fingerprint density at radius 3 is 2.32 bits per heavy atom. The zero-order chi connectivity index (χ0) is 13.5. The molecular formula is C17H18O2. The number of rotatable bonds is 6. The van der Waals surface area contributed by atoms with Crippen molar-refractivity contribution < 1.29 is 9.47 Å². The van der Waals surface area contributed by atoms with Crippen molar-refractivity contribution in [1.29, 1.82) is 0 Å². The molecule has 0 aliphatic heterocycles. The smallest absolute Gasteiger partial charge is 0.118 e. The maximum absolute atomic E-state index is 5.88. The second-order valence-electron chi connectivity index (χ2n) is 4.23. The molecule has 0 saturated heterocycles. The van der Waals surface area contributed by atoms with Crippen molar-refractivity contribution in [3.8, 4) is 5.75 Å². The van der Waals surface area contributed by atoms with Crippen LogP contribution in [0.5, 0.6) is 5.75 Å². The van der Waals surface area contributed by atoms with E-state index in [1.165, 1.54) is 0 Å². The molecule has 0 heterocycles. The van der Waals surface area contributed by atoms with Gasteiger partial charge in [0.05, 0.1) is 13.7 Å². The lowest BCUT2D eigenvalue weighted by molar-refractivity contribution is 0.0720. The SMILES string of the molecule is C=C[C@H](OCc1ccccc1)c1ccc(OC)cc1. The van der Waals surface area contributed by atoms with Gasteiger partial charge in [-0.3, -0.25) is 0 Å². The Morgan fingerprint density at radius 1 is 1.05 bits per heavy atom. The molecule has 98 valence electrons. The van der Waals surface area contributed by atoms with E-state index in [2.05, 4.69) is 6.58 Å². The summed E-state index contributed by atoms with van der Waals surface area (Å²) >= 11 is 0. The summed E-state index contributed by atoms with van der Waals surface area (Å²) in [6.07, 6.45) is 1.70. The van der Waals surface area contributed by atoms with Crippen LogP contribution in [0.3, 0.4) is 0 Å². The van der Waals surface area contributed by atoms with Crippen LogP contribution in [-0.2, 0) is 11.3 Å². The van der Waals surface area contributed by atoms with Crippen LogP contribution in [0.2, 0.25) is 0 Å². The van der Waals surface area contributed by atoms with Crippen LogP contribution in [0.4, 0.5) is 0 Å². The van der Waals surface area contributed by atoms with Gasteiger partial charge >= 0.3 is 0 Å². The first-order valence-electron chi connectivity index (χ1n) is 6.25. The molecule has 0 N–H and O–H groups in total. The molecule has 0 fully saturated rings. The summed E-state index contributed by atoms with van der Waals surface area (Å²) in [7, 11) is 1.66. The summed E-state index contributed by atoms with van der Waals surface area (Å²) in [4.78, 5) is 0. The summed E-state index contributed by atoms with van der Waals surface area (Å²) < 4.78 is 11.0. The quantitative estimate of drug-likeness (QED) is 0.721. The second-order valence-corrected chi connectivity index (χ2v) is 4.23. The third-order valence-electron chi connectivity index (χ3n) is 2.93. The number of benzene rings is 2. The number of methoxy groups -OCH3 is 1. The minimum Gasteiger partial charge on any atom is -0.497 e. The minimum atomic E-state index is -0.105. The molecule has 2 aromatic carbocycles. The summed E-state index contributed by atoms with van der Waals surface area (Å²) in [5.41, 5.74) is 2.23. The average Bonchev–Trinajstić information content (AvgIpc) is 2.49. The maximum atomic E-state index is 5.88. The van der Waals surface area contributed by atoms with Crippen LogP contribution < -0.4 is 4.74 Å². The van der Waals surface area contributed by atoms with Crippen molar-refractivity contribution in [3.05, 3.63) is 78.4 Å². The van der Waals surface area contributed by atoms with E-state index in [0.29, 0.717) is 6.61 Å². The van der Waals surface area contributed by atoms with Crippen LogP contribution in [0.25, 0.3) is 0 Å². The monoisotopic (exact) mass is 254 g/mol. The van der Waals surface area contributed by atoms with Crippen LogP contribution >= 0.6 is 0 Å². The van der Waals surface area contributed by atoms with E-state index >= 15 is 0 Å². The molecule has 0 spiro atoms. The van der Waals surface area contributed by atoms with E-state index in [-0.39, 0.29) is 6.10 Å². The molecule has 2 nitrogen and oxygen atoms in total. The Bertz CT molecular complexity index is 503. The van der Waals surface area contributed by atoms with Gasteiger partial charge in [0.2, 0.25) is 0 Å². The van der Waals surface area contributed by atoms with Crippen LogP contribution in [0.15, 0.2) is 67.3 Å². The van der Waals surface area contributed by atoms with E-state index in [0.717, 1.165) is 16.9 Å². The third-order valence-corrected chi connectivity index (χ3v) is 2.93. The van der Waals surface area contributed by atoms with Gasteiger partial charge in [-0.05, 0) is 23.3 Å². The molecule has 2 aromatic rings. The first-order chi connectivity index (χ1) is 9.33. The van der Waals surface area contributed by atoms with Gasteiger partial charge in [0.25, 0.3) is 0 Å². The maximum Gasteiger partial charge on any atom is 0.118 e. The lowest BCUT2D eigenvalue weighted by atomic mass is 10.1. The molecule has 1 atom stereocenters. The molecule has 0 aromatic heterocycles. The summed E-state index contributed by atoms with van der Waals surface area (Å²) in [5, 5.41) is 0. The highest BCUT2D eigenvalue weighted by Gasteiger charge is 2.08. The highest BCUT2D eigenvalue weighted by molar-refractivity contribution is 5.30. The second kappa shape index (κ2) is 6.76. The van der Waals surface area contributed by atoms with Gasteiger partial charge < -0.3 is 9.47 Å². The van der Waals surface area contributed by atoms with Gasteiger partial charge in [-0.1, -0.05) is 48.5 Å². The van der Waals surface area contributed by atoms with Gasteiger partial charge in [-0.15, -0.1) is 6.58 Å². The molecule has 2 rings (SSSR count). The predicted molar refractivity (Wildman–Crippen MR) is 77.2 cm³/mol. The third kappa shape index (κ3) is 3.70. The van der Waals surface area contributed by atoms with E-state index in [4.69, 9.17) is 9.47 Å². The number of hydrogen-bond donors (Lipinski definition) is 0. The highest BCUT2D eigenvalue weighted by Crippen LogP contribution is 2.22. The first kappa shape index (κ1) is 13.4. The minimum absolute atomic E-state index is 0.105. The van der Waals surface area contributed by atoms with Crippen molar-refractivity contribution in [2.75, 3.05) is 7.11 Å². The first-order valence-corrected chi connectivity index (χ1v) is 6.25. The van der Waals surface area contributed by atoms with Crippen molar-refractivity contribution in [3.63, 3.8) is 0 Å². The molecule has 19 heavy (non-hydrogen) atoms. The van der Waals surface area contributed by atoms with Gasteiger partial charge in [0, 0.05) is 0 Å². The fraction of sp³-hybridized carbons (Fsp3) is 0.176. The zero-order valence-corrected chi connectivity index (χ0v) is 11.1. The Balaban J connectivity index is 2.01. The normalized spacial score (nSPS) is 11.8. The Hall–Kier alpha value is -2.06. The number of hydrogen-bond acceptors (Lipinski definition) is 2. The molecule has 0 radical (unpaired) electrons. The average molecular weight is 254 g/mol. The van der Waals surface area contributed by atoms with E-state index < -0.39 is 0 Å². The van der Waals surface area contributed by atoms with Crippen LogP contribution in [0, 0.1) is 0 Å². The zero-order valence-electron chi connectivity index (χ0n) is 11.1. The van der Waals surface area contributed by atoms with Crippen LogP contribution in [0.1, 0.15) is 17.2 Å². The molecule has 0 aliphatic carbocycles. The largest absolute Gasteiger partial charge is 0.497 e. The lowest BCUT2D eigenvalue weighted by Crippen LogP contribution is -2.01. The summed E-state index contributed by atoms with van der Waals surface area (Å²) in [5.74, 6) is 0.842. The van der Waals surface area contributed by atoms with Gasteiger partial charge in [-0.25, -0.2) is 0 Å². The predicted octanol–water partition coefficient (Wildman–Crippen LogP) is 4.14. The molecule has 0 unspecified atom stereocenters. The fourth-order valence-corrected chi connectivity index (χ4v) is 1.85. The van der Waals surface area contributed by atoms with E-state index in [1.807, 2.05) is 60.7 Å². The van der Waals surface area contributed by atoms with Gasteiger partial charge in [-0.2, -0.15) is 0 Å². The van der Waals surface area contributed by atoms with Crippen LogP contribution in [-0.4, -0.2) is 7.11 Å². The van der Waals surface area contributed by atoms with Gasteiger partial charge in [0.15, 0.2) is 0 Å². The number of ether oxygens (including phenoxy) is 2. The van der Waals surface area contributed by atoms with Gasteiger partial charge in [0.1, 0.15) is 11.9 Å². The Morgan fingerprint density at radius 2 is 1.74 bits per heavy atom. The van der Waals surface area contributed by atoms with Crippen molar-refractivity contribution >= 4 is 0 Å². The molecule has 0 bridgehead atoms. The molecule has 0 amide bonds. The molecular weight excluding hydrogens is 236 g/mol. The lowest BCUT2D eigenvalue weighted by Gasteiger charge is -2.15. The molecule has 0 saturated carbocycles. The Labute approximate surface area is 114 Å². The standard InChI is InChI=1S/C17H18O2/c1-3-17(15-9-11-16(18-2)12-10-15)19-13-14-7-5-4-6-8-14/h3-12,17H,1,13H2,2H3/t17-/m0/s1. The van der Waals surface area contributed by atoms with Crippen molar-refractivity contribution in [2.24, 2.45) is 0 Å². The van der Waals surface area contributed by atoms with Crippen molar-refractivity contribution in [1.82, 2.24) is 0 Å². The molecule has 2 heteroatoms. The summed E-state index contributed by atoms with van der Waals surface area (Å²) in [6.45, 7) is 4.41. The highest BCUT2D eigenvalue weighted by atomic mass is 16.5. The topological polar surface area (TPSA) is 18.5 Å². The van der Waals surface area contributed by atoms with E-state index in [9.17, 15) is 0 Å². The molecule has 0 aliphatic rings. The summed E-state index contributed by atoms with van der Waals surface area (Å²) in [6, 6.07) is 18.0. The van der Waals surface area contributed by atoms with Crippen molar-refractivity contribution in [2.45, 2.75) is 12.7 Å².